The summed E-state index contributed by atoms with van der Waals surface area (Å²) in [5, 5.41) is 15.8. The molecule has 0 saturated heterocycles. The number of rotatable bonds is 9. The van der Waals surface area contributed by atoms with Crippen LogP contribution in [0.1, 0.15) is 52.9 Å². The Kier molecular flexibility index (Phi) is 14.9. The molecular formula is C13H27NO4. The maximum Gasteiger partial charge on any atom is 0.303 e. The lowest BCUT2D eigenvalue weighted by molar-refractivity contribution is -0.143. The molecule has 5 nitrogen and oxygen atoms in total. The fraction of sp³-hybridized carbons (Fsp3) is 0.846. The Labute approximate surface area is 110 Å². The minimum absolute atomic E-state index is 0.296. The highest BCUT2D eigenvalue weighted by molar-refractivity contribution is 5.75. The minimum Gasteiger partial charge on any atom is -0.481 e. The van der Waals surface area contributed by atoms with Crippen molar-refractivity contribution in [2.24, 2.45) is 0 Å². The van der Waals surface area contributed by atoms with E-state index in [1.54, 1.807) is 0 Å². The summed E-state index contributed by atoms with van der Waals surface area (Å²) in [7, 11) is 0. The smallest absolute Gasteiger partial charge is 0.303 e. The van der Waals surface area contributed by atoms with Crippen molar-refractivity contribution in [3.8, 4) is 0 Å². The predicted molar refractivity (Wildman–Crippen MR) is 71.8 cm³/mol. The maximum atomic E-state index is 9.64. The SMILES string of the molecule is CCCN(CCC)CCC.O=C(O)CCC(=O)O. The average molecular weight is 261 g/mol. The van der Waals surface area contributed by atoms with E-state index in [1.807, 2.05) is 0 Å². The summed E-state index contributed by atoms with van der Waals surface area (Å²) in [6, 6.07) is 0. The molecule has 0 spiro atoms. The molecule has 0 bridgehead atoms. The average Bonchev–Trinajstić information content (AvgIpc) is 2.28. The highest BCUT2D eigenvalue weighted by atomic mass is 16.4. The maximum absolute atomic E-state index is 9.64. The molecule has 0 aliphatic carbocycles. The first-order valence-electron chi connectivity index (χ1n) is 6.63. The van der Waals surface area contributed by atoms with Crippen LogP contribution in [0.4, 0.5) is 0 Å². The third-order valence-corrected chi connectivity index (χ3v) is 2.17. The molecule has 0 rings (SSSR count). The molecule has 0 aromatic carbocycles. The lowest BCUT2D eigenvalue weighted by atomic mass is 10.3. The number of carboxylic acids is 2. The third kappa shape index (κ3) is 17.3. The minimum atomic E-state index is -1.08. The van der Waals surface area contributed by atoms with E-state index in [-0.39, 0.29) is 12.8 Å². The van der Waals surface area contributed by atoms with E-state index in [9.17, 15) is 9.59 Å². The van der Waals surface area contributed by atoms with Gasteiger partial charge >= 0.3 is 11.9 Å². The second kappa shape index (κ2) is 14.0. The molecule has 0 aliphatic heterocycles. The van der Waals surface area contributed by atoms with Crippen LogP contribution in [0.3, 0.4) is 0 Å². The second-order valence-electron chi connectivity index (χ2n) is 4.13. The van der Waals surface area contributed by atoms with Crippen LogP contribution < -0.4 is 0 Å². The van der Waals surface area contributed by atoms with Crippen molar-refractivity contribution in [3.63, 3.8) is 0 Å². The molecule has 0 saturated carbocycles. The first-order valence-corrected chi connectivity index (χ1v) is 6.63. The van der Waals surface area contributed by atoms with E-state index in [4.69, 9.17) is 10.2 Å². The summed E-state index contributed by atoms with van der Waals surface area (Å²) < 4.78 is 0. The molecule has 0 aromatic heterocycles. The summed E-state index contributed by atoms with van der Waals surface area (Å²) in [4.78, 5) is 21.8. The summed E-state index contributed by atoms with van der Waals surface area (Å²) in [6.07, 6.45) is 3.28. The highest BCUT2D eigenvalue weighted by Gasteiger charge is 2.00. The quantitative estimate of drug-likeness (QED) is 0.666. The van der Waals surface area contributed by atoms with Crippen LogP contribution in [0.2, 0.25) is 0 Å². The van der Waals surface area contributed by atoms with Gasteiger partial charge in [0.05, 0.1) is 12.8 Å². The van der Waals surface area contributed by atoms with Crippen molar-refractivity contribution < 1.29 is 19.8 Å². The summed E-state index contributed by atoms with van der Waals surface area (Å²) in [5.41, 5.74) is 0. The third-order valence-electron chi connectivity index (χ3n) is 2.17. The van der Waals surface area contributed by atoms with Crippen LogP contribution >= 0.6 is 0 Å². The number of aliphatic carboxylic acids is 2. The van der Waals surface area contributed by atoms with Gasteiger partial charge in [0.25, 0.3) is 0 Å². The van der Waals surface area contributed by atoms with Crippen LogP contribution in [0.25, 0.3) is 0 Å². The second-order valence-corrected chi connectivity index (χ2v) is 4.13. The van der Waals surface area contributed by atoms with Gasteiger partial charge < -0.3 is 15.1 Å². The highest BCUT2D eigenvalue weighted by Crippen LogP contribution is 1.94. The topological polar surface area (TPSA) is 77.8 Å². The van der Waals surface area contributed by atoms with Gasteiger partial charge in [0.1, 0.15) is 0 Å². The van der Waals surface area contributed by atoms with Gasteiger partial charge in [0.2, 0.25) is 0 Å². The van der Waals surface area contributed by atoms with Crippen LogP contribution in [0, 0.1) is 0 Å². The molecule has 108 valence electrons. The molecule has 0 heterocycles. The number of carbonyl (C=O) groups is 2. The summed E-state index contributed by atoms with van der Waals surface area (Å²) in [6.45, 7) is 10.6. The van der Waals surface area contributed by atoms with Gasteiger partial charge in [-0.2, -0.15) is 0 Å². The number of hydrogen-bond donors (Lipinski definition) is 2. The molecule has 0 amide bonds. The zero-order chi connectivity index (χ0) is 14.4. The van der Waals surface area contributed by atoms with Gasteiger partial charge in [-0.3, -0.25) is 9.59 Å². The molecular weight excluding hydrogens is 234 g/mol. The van der Waals surface area contributed by atoms with Gasteiger partial charge in [-0.25, -0.2) is 0 Å². The number of carboxylic acid groups (broad SMARTS) is 2. The van der Waals surface area contributed by atoms with Gasteiger partial charge in [-0.05, 0) is 38.9 Å². The van der Waals surface area contributed by atoms with E-state index >= 15 is 0 Å². The lowest BCUT2D eigenvalue weighted by Gasteiger charge is -2.19. The van der Waals surface area contributed by atoms with Crippen molar-refractivity contribution in [1.29, 1.82) is 0 Å². The van der Waals surface area contributed by atoms with Gasteiger partial charge in [-0.1, -0.05) is 20.8 Å². The molecule has 0 aliphatic rings. The first-order chi connectivity index (χ1) is 8.47. The number of hydrogen-bond acceptors (Lipinski definition) is 3. The van der Waals surface area contributed by atoms with E-state index in [0.29, 0.717) is 0 Å². The van der Waals surface area contributed by atoms with E-state index < -0.39 is 11.9 Å². The fourth-order valence-electron chi connectivity index (χ4n) is 1.50. The summed E-state index contributed by atoms with van der Waals surface area (Å²) >= 11 is 0. The molecule has 0 radical (unpaired) electrons. The lowest BCUT2D eigenvalue weighted by Crippen LogP contribution is -2.25. The Morgan fingerprint density at radius 2 is 1.06 bits per heavy atom. The van der Waals surface area contributed by atoms with Crippen molar-refractivity contribution >= 4 is 11.9 Å². The van der Waals surface area contributed by atoms with Crippen molar-refractivity contribution in [2.75, 3.05) is 19.6 Å². The van der Waals surface area contributed by atoms with E-state index in [0.717, 1.165) is 0 Å². The monoisotopic (exact) mass is 261 g/mol. The largest absolute Gasteiger partial charge is 0.481 e. The molecule has 0 unspecified atom stereocenters. The predicted octanol–water partition coefficient (Wildman–Crippen LogP) is 2.45. The van der Waals surface area contributed by atoms with Crippen LogP contribution in [-0.2, 0) is 9.59 Å². The van der Waals surface area contributed by atoms with Gasteiger partial charge in [-0.15, -0.1) is 0 Å². The van der Waals surface area contributed by atoms with Crippen LogP contribution in [0.5, 0.6) is 0 Å². The van der Waals surface area contributed by atoms with E-state index in [2.05, 4.69) is 25.7 Å². The zero-order valence-corrected chi connectivity index (χ0v) is 11.8. The van der Waals surface area contributed by atoms with E-state index in [1.165, 1.54) is 38.9 Å². The Morgan fingerprint density at radius 1 is 0.778 bits per heavy atom. The Hall–Kier alpha value is -1.10. The summed E-state index contributed by atoms with van der Waals surface area (Å²) in [5.74, 6) is -2.15. The zero-order valence-electron chi connectivity index (χ0n) is 11.8. The van der Waals surface area contributed by atoms with Crippen molar-refractivity contribution in [2.45, 2.75) is 52.9 Å². The molecule has 0 aromatic rings. The Morgan fingerprint density at radius 3 is 1.22 bits per heavy atom. The van der Waals surface area contributed by atoms with Crippen molar-refractivity contribution in [1.82, 2.24) is 4.90 Å². The Bertz CT molecular complexity index is 191. The normalized spacial score (nSPS) is 9.78. The van der Waals surface area contributed by atoms with Crippen LogP contribution in [0.15, 0.2) is 0 Å². The van der Waals surface area contributed by atoms with Gasteiger partial charge in [0, 0.05) is 0 Å². The Balaban J connectivity index is 0. The molecule has 18 heavy (non-hydrogen) atoms. The molecule has 2 N–H and O–H groups in total. The van der Waals surface area contributed by atoms with Crippen LogP contribution in [-0.4, -0.2) is 46.7 Å². The first kappa shape index (κ1) is 19.2. The standard InChI is InChI=1S/C9H21N.C4H6O4/c1-4-7-10(8-5-2)9-6-3;5-3(6)1-2-4(7)8/h4-9H2,1-3H3;1-2H2,(H,5,6)(H,7,8). The number of nitrogens with zero attached hydrogens (tertiary/aromatic N) is 1. The van der Waals surface area contributed by atoms with Crippen molar-refractivity contribution in [3.05, 3.63) is 0 Å². The molecule has 0 fully saturated rings. The molecule has 5 heteroatoms. The van der Waals surface area contributed by atoms with Gasteiger partial charge in [0.15, 0.2) is 0 Å². The fourth-order valence-corrected chi connectivity index (χ4v) is 1.50. The molecule has 0 atom stereocenters.